The lowest BCUT2D eigenvalue weighted by molar-refractivity contribution is 1.52. The Balaban J connectivity index is 2.13. The molecule has 0 atom stereocenters. The molecule has 0 fully saturated rings. The fourth-order valence-electron chi connectivity index (χ4n) is 4.78. The zero-order valence-corrected chi connectivity index (χ0v) is 17.5. The van der Waals surface area contributed by atoms with Crippen molar-refractivity contribution in [2.24, 2.45) is 0 Å². The molecule has 0 saturated heterocycles. The van der Waals surface area contributed by atoms with Crippen LogP contribution in [0, 0.1) is 13.8 Å². The van der Waals surface area contributed by atoms with Crippen molar-refractivity contribution < 1.29 is 0 Å². The lowest BCUT2D eigenvalue weighted by Gasteiger charge is -2.20. The van der Waals surface area contributed by atoms with Crippen LogP contribution in [0.25, 0.3) is 55.6 Å². The molecule has 144 valence electrons. The maximum atomic E-state index is 4.18. The van der Waals surface area contributed by atoms with Gasteiger partial charge in [-0.05, 0) is 91.7 Å². The second-order valence-electron chi connectivity index (χ2n) is 7.98. The van der Waals surface area contributed by atoms with Crippen LogP contribution in [0.1, 0.15) is 22.3 Å². The minimum atomic E-state index is 1.12. The van der Waals surface area contributed by atoms with E-state index in [0.29, 0.717) is 0 Å². The van der Waals surface area contributed by atoms with E-state index in [1.807, 2.05) is 12.2 Å². The minimum absolute atomic E-state index is 1.12. The summed E-state index contributed by atoms with van der Waals surface area (Å²) in [5, 5.41) is 7.63. The Labute approximate surface area is 177 Å². The Morgan fingerprint density at radius 3 is 1.83 bits per heavy atom. The molecule has 0 heterocycles. The Bertz CT molecular complexity index is 1480. The van der Waals surface area contributed by atoms with Crippen LogP contribution in [0.4, 0.5) is 0 Å². The molecule has 5 aromatic rings. The highest BCUT2D eigenvalue weighted by Crippen LogP contribution is 2.44. The number of hydrogen-bond acceptors (Lipinski definition) is 0. The number of rotatable bonds is 3. The lowest BCUT2D eigenvalue weighted by Crippen LogP contribution is -1.95. The molecule has 0 unspecified atom stereocenters. The van der Waals surface area contributed by atoms with E-state index in [1.54, 1.807) is 0 Å². The number of benzene rings is 5. The monoisotopic (exact) mass is 384 g/mol. The number of fused-ring (bicyclic) bond motifs is 3. The normalized spacial score (nSPS) is 11.3. The van der Waals surface area contributed by atoms with Gasteiger partial charge in [0.2, 0.25) is 0 Å². The first kappa shape index (κ1) is 18.4. The van der Waals surface area contributed by atoms with Gasteiger partial charge in [-0.3, -0.25) is 0 Å². The zero-order chi connectivity index (χ0) is 20.8. The maximum Gasteiger partial charge on any atom is -0.00142 e. The highest BCUT2D eigenvalue weighted by molar-refractivity contribution is 6.19. The minimum Gasteiger partial charge on any atom is -0.0984 e. The maximum absolute atomic E-state index is 4.18. The molecule has 0 saturated carbocycles. The highest BCUT2D eigenvalue weighted by Gasteiger charge is 2.18. The first-order valence-corrected chi connectivity index (χ1v) is 10.4. The third-order valence-corrected chi connectivity index (χ3v) is 6.27. The van der Waals surface area contributed by atoms with Crippen molar-refractivity contribution in [1.82, 2.24) is 0 Å². The first-order valence-electron chi connectivity index (χ1n) is 10.4. The molecule has 0 amide bonds. The summed E-state index contributed by atoms with van der Waals surface area (Å²) in [6.45, 7) is 12.7. The van der Waals surface area contributed by atoms with Gasteiger partial charge in [0.05, 0.1) is 0 Å². The summed E-state index contributed by atoms with van der Waals surface area (Å²) in [6, 6.07) is 26.4. The third kappa shape index (κ3) is 2.61. The fraction of sp³-hybridized carbons (Fsp3) is 0.0667. The molecule has 0 spiro atoms. The van der Waals surface area contributed by atoms with Crippen molar-refractivity contribution in [3.8, 4) is 11.1 Å². The topological polar surface area (TPSA) is 0 Å². The van der Waals surface area contributed by atoms with Gasteiger partial charge in [0, 0.05) is 0 Å². The van der Waals surface area contributed by atoms with Gasteiger partial charge >= 0.3 is 0 Å². The van der Waals surface area contributed by atoms with Gasteiger partial charge < -0.3 is 0 Å². The molecular weight excluding hydrogens is 360 g/mol. The second kappa shape index (κ2) is 7.00. The van der Waals surface area contributed by atoms with Crippen molar-refractivity contribution in [2.75, 3.05) is 0 Å². The van der Waals surface area contributed by atoms with E-state index in [1.165, 1.54) is 54.6 Å². The summed E-state index contributed by atoms with van der Waals surface area (Å²) in [7, 11) is 0. The highest BCUT2D eigenvalue weighted by atomic mass is 14.2. The Morgan fingerprint density at radius 2 is 1.17 bits per heavy atom. The van der Waals surface area contributed by atoms with Crippen LogP contribution in [0.15, 0.2) is 86.0 Å². The van der Waals surface area contributed by atoms with E-state index in [4.69, 9.17) is 0 Å². The van der Waals surface area contributed by atoms with Gasteiger partial charge in [-0.15, -0.1) is 0 Å². The molecule has 5 aromatic carbocycles. The van der Waals surface area contributed by atoms with Crippen molar-refractivity contribution in [1.29, 1.82) is 0 Å². The van der Waals surface area contributed by atoms with Crippen molar-refractivity contribution in [3.05, 3.63) is 108 Å². The van der Waals surface area contributed by atoms with E-state index in [0.717, 1.165) is 11.1 Å². The summed E-state index contributed by atoms with van der Waals surface area (Å²) in [5.74, 6) is 0. The third-order valence-electron chi connectivity index (χ3n) is 6.27. The summed E-state index contributed by atoms with van der Waals surface area (Å²) in [5.41, 5.74) is 7.35. The first-order chi connectivity index (χ1) is 14.6. The molecule has 5 rings (SSSR count). The second-order valence-corrected chi connectivity index (χ2v) is 7.98. The molecular formula is C30H24. The standard InChI is InChI=1S/C30H24/c1-5-21-17-27-19(3)11-9-15-25(27)29(23(21)6-2)30-24-14-8-7-13-22(24)18-28-20(4)12-10-16-26(28)30/h5-18H,1-2H2,3-4H3. The van der Waals surface area contributed by atoms with Gasteiger partial charge in [0.25, 0.3) is 0 Å². The molecule has 0 aromatic heterocycles. The molecule has 0 aliphatic heterocycles. The Morgan fingerprint density at radius 1 is 0.567 bits per heavy atom. The Hall–Kier alpha value is -3.64. The quantitative estimate of drug-likeness (QED) is 0.273. The molecule has 30 heavy (non-hydrogen) atoms. The average molecular weight is 385 g/mol. The van der Waals surface area contributed by atoms with E-state index in [2.05, 4.69) is 99.8 Å². The molecule has 0 heteroatoms. The van der Waals surface area contributed by atoms with E-state index >= 15 is 0 Å². The molecule has 0 bridgehead atoms. The summed E-state index contributed by atoms with van der Waals surface area (Å²) < 4.78 is 0. The zero-order valence-electron chi connectivity index (χ0n) is 17.5. The van der Waals surface area contributed by atoms with Gasteiger partial charge in [-0.1, -0.05) is 86.0 Å². The largest absolute Gasteiger partial charge is 0.0984 e. The van der Waals surface area contributed by atoms with Gasteiger partial charge in [0.15, 0.2) is 0 Å². The fourth-order valence-corrected chi connectivity index (χ4v) is 4.78. The molecule has 0 nitrogen and oxygen atoms in total. The number of aryl methyl sites for hydroxylation is 2. The molecule has 0 radical (unpaired) electrons. The predicted octanol–water partition coefficient (Wildman–Crippen LogP) is 8.72. The smallest absolute Gasteiger partial charge is 0.00142 e. The van der Waals surface area contributed by atoms with Crippen LogP contribution in [-0.2, 0) is 0 Å². The summed E-state index contributed by atoms with van der Waals surface area (Å²) >= 11 is 0. The SMILES string of the molecule is C=Cc1cc2c(C)cccc2c(-c2c3ccccc3cc3c(C)cccc23)c1C=C. The van der Waals surface area contributed by atoms with Gasteiger partial charge in [0.1, 0.15) is 0 Å². The molecule has 0 N–H and O–H groups in total. The molecule has 0 aliphatic carbocycles. The van der Waals surface area contributed by atoms with Gasteiger partial charge in [-0.25, -0.2) is 0 Å². The van der Waals surface area contributed by atoms with E-state index < -0.39 is 0 Å². The van der Waals surface area contributed by atoms with Crippen LogP contribution >= 0.6 is 0 Å². The average Bonchev–Trinajstić information content (AvgIpc) is 2.77. The van der Waals surface area contributed by atoms with Crippen molar-refractivity contribution in [2.45, 2.75) is 13.8 Å². The van der Waals surface area contributed by atoms with Crippen LogP contribution in [0.2, 0.25) is 0 Å². The number of hydrogen-bond donors (Lipinski definition) is 0. The summed E-state index contributed by atoms with van der Waals surface area (Å²) in [4.78, 5) is 0. The van der Waals surface area contributed by atoms with Crippen LogP contribution in [0.3, 0.4) is 0 Å². The van der Waals surface area contributed by atoms with Crippen molar-refractivity contribution >= 4 is 44.5 Å². The Kier molecular flexibility index (Phi) is 4.29. The van der Waals surface area contributed by atoms with Crippen LogP contribution < -0.4 is 0 Å². The van der Waals surface area contributed by atoms with Crippen molar-refractivity contribution in [3.63, 3.8) is 0 Å². The summed E-state index contributed by atoms with van der Waals surface area (Å²) in [6.07, 6.45) is 3.93. The van der Waals surface area contributed by atoms with E-state index in [-0.39, 0.29) is 0 Å². The predicted molar refractivity (Wildman–Crippen MR) is 134 cm³/mol. The lowest BCUT2D eigenvalue weighted by atomic mass is 9.83. The van der Waals surface area contributed by atoms with Crippen LogP contribution in [-0.4, -0.2) is 0 Å². The van der Waals surface area contributed by atoms with E-state index in [9.17, 15) is 0 Å². The van der Waals surface area contributed by atoms with Crippen LogP contribution in [0.5, 0.6) is 0 Å². The molecule has 0 aliphatic rings. The van der Waals surface area contributed by atoms with Gasteiger partial charge in [-0.2, -0.15) is 0 Å².